The molecule has 36 heavy (non-hydrogen) atoms. The Kier molecular flexibility index (Phi) is 7.99. The van der Waals surface area contributed by atoms with Gasteiger partial charge in [0, 0.05) is 18.1 Å². The number of amides is 1. The number of benzene rings is 1. The number of halogens is 3. The van der Waals surface area contributed by atoms with Crippen LogP contribution in [-0.4, -0.2) is 50.4 Å². The highest BCUT2D eigenvalue weighted by Gasteiger charge is 2.37. The molecule has 2 heterocycles. The maximum absolute atomic E-state index is 13.5. The molecule has 1 aliphatic rings. The molecule has 0 radical (unpaired) electrons. The number of rotatable bonds is 5. The number of hydrogen-bond acceptors (Lipinski definition) is 7. The SMILES string of the molecule is CC(C)(C)OC(=O)N1CC(=O)C(C(=S)Nc2ccccc2)=C(N(N)Cc2ccncc2C(F)(F)F)C1. The van der Waals surface area contributed by atoms with E-state index in [2.05, 4.69) is 10.3 Å². The van der Waals surface area contributed by atoms with Crippen molar-refractivity contribution in [1.82, 2.24) is 14.9 Å². The molecule has 1 amide bonds. The van der Waals surface area contributed by atoms with Crippen molar-refractivity contribution < 1.29 is 27.5 Å². The number of alkyl halides is 3. The molecule has 0 saturated heterocycles. The van der Waals surface area contributed by atoms with E-state index < -0.39 is 35.8 Å². The molecule has 192 valence electrons. The number of hydrazine groups is 1. The van der Waals surface area contributed by atoms with Gasteiger partial charge in [0.25, 0.3) is 0 Å². The van der Waals surface area contributed by atoms with Gasteiger partial charge in [-0.15, -0.1) is 0 Å². The Morgan fingerprint density at radius 3 is 2.47 bits per heavy atom. The standard InChI is InChI=1S/C24H26F3N5O3S/c1-23(2,3)35-22(34)31-13-18(32(28)12-15-9-10-29-11-17(15)24(25,26)27)20(19(33)14-31)21(36)30-16-7-5-4-6-8-16/h4-11H,12-14,28H2,1-3H3,(H,30,36). The minimum absolute atomic E-state index is 0.0128. The average Bonchev–Trinajstić information content (AvgIpc) is 2.77. The quantitative estimate of drug-likeness (QED) is 0.342. The van der Waals surface area contributed by atoms with Gasteiger partial charge in [-0.05, 0) is 44.5 Å². The Morgan fingerprint density at radius 1 is 1.19 bits per heavy atom. The fraction of sp³-hybridized carbons (Fsp3) is 0.333. The lowest BCUT2D eigenvalue weighted by Gasteiger charge is -2.35. The number of carbonyl (C=O) groups excluding carboxylic acids is 2. The van der Waals surface area contributed by atoms with Crippen LogP contribution in [0.4, 0.5) is 23.7 Å². The lowest BCUT2D eigenvalue weighted by molar-refractivity contribution is -0.138. The number of carbonyl (C=O) groups is 2. The minimum Gasteiger partial charge on any atom is -0.444 e. The zero-order chi connectivity index (χ0) is 26.7. The number of nitrogens with one attached hydrogen (secondary N) is 1. The van der Waals surface area contributed by atoms with Gasteiger partial charge in [-0.25, -0.2) is 10.6 Å². The second-order valence-corrected chi connectivity index (χ2v) is 9.47. The van der Waals surface area contributed by atoms with Gasteiger partial charge in [-0.1, -0.05) is 30.4 Å². The number of Topliss-reactive ketones (excluding diaryl/α,β-unsaturated/α-hetero) is 1. The second kappa shape index (κ2) is 10.6. The normalized spacial score (nSPS) is 14.5. The largest absolute Gasteiger partial charge is 0.444 e. The lowest BCUT2D eigenvalue weighted by Crippen LogP contribution is -2.50. The summed E-state index contributed by atoms with van der Waals surface area (Å²) in [6.07, 6.45) is -3.49. The van der Waals surface area contributed by atoms with Crippen molar-refractivity contribution in [3.8, 4) is 0 Å². The first-order valence-electron chi connectivity index (χ1n) is 10.9. The van der Waals surface area contributed by atoms with Gasteiger partial charge >= 0.3 is 12.3 Å². The highest BCUT2D eigenvalue weighted by molar-refractivity contribution is 7.81. The molecule has 3 N–H and O–H groups in total. The Morgan fingerprint density at radius 2 is 1.86 bits per heavy atom. The van der Waals surface area contributed by atoms with Gasteiger partial charge in [0.05, 0.1) is 36.5 Å². The molecule has 12 heteroatoms. The van der Waals surface area contributed by atoms with Crippen LogP contribution >= 0.6 is 12.2 Å². The van der Waals surface area contributed by atoms with Gasteiger partial charge in [0.1, 0.15) is 10.6 Å². The zero-order valence-corrected chi connectivity index (χ0v) is 20.7. The van der Waals surface area contributed by atoms with E-state index in [0.717, 1.165) is 9.91 Å². The molecule has 0 fully saturated rings. The van der Waals surface area contributed by atoms with E-state index in [1.165, 1.54) is 12.3 Å². The van der Waals surface area contributed by atoms with Crippen molar-refractivity contribution in [2.24, 2.45) is 5.84 Å². The van der Waals surface area contributed by atoms with E-state index in [4.69, 9.17) is 22.8 Å². The van der Waals surface area contributed by atoms with Gasteiger partial charge in [-0.3, -0.25) is 14.7 Å². The summed E-state index contributed by atoms with van der Waals surface area (Å²) in [5.74, 6) is 5.70. The molecule has 2 aromatic rings. The summed E-state index contributed by atoms with van der Waals surface area (Å²) in [4.78, 5) is 30.6. The summed E-state index contributed by atoms with van der Waals surface area (Å²) in [6.45, 7) is 4.08. The van der Waals surface area contributed by atoms with Gasteiger partial charge < -0.3 is 15.1 Å². The Bertz CT molecular complexity index is 1180. The predicted molar refractivity (Wildman–Crippen MR) is 131 cm³/mol. The van der Waals surface area contributed by atoms with Crippen LogP contribution in [0.3, 0.4) is 0 Å². The average molecular weight is 522 g/mol. The number of ether oxygens (including phenoxy) is 1. The van der Waals surface area contributed by atoms with E-state index in [0.29, 0.717) is 11.9 Å². The summed E-state index contributed by atoms with van der Waals surface area (Å²) in [5.41, 5.74) is -1.24. The number of anilines is 1. The van der Waals surface area contributed by atoms with E-state index in [1.807, 2.05) is 0 Å². The molecule has 0 bridgehead atoms. The van der Waals surface area contributed by atoms with Crippen molar-refractivity contribution in [3.63, 3.8) is 0 Å². The van der Waals surface area contributed by atoms with Crippen LogP contribution in [0.1, 0.15) is 31.9 Å². The van der Waals surface area contributed by atoms with Crippen molar-refractivity contribution >= 4 is 34.8 Å². The topological polar surface area (TPSA) is 101 Å². The van der Waals surface area contributed by atoms with Crippen LogP contribution in [0, 0.1) is 0 Å². The van der Waals surface area contributed by atoms with Crippen molar-refractivity contribution in [2.45, 2.75) is 39.1 Å². The fourth-order valence-electron chi connectivity index (χ4n) is 3.49. The van der Waals surface area contributed by atoms with Crippen LogP contribution in [0.15, 0.2) is 60.1 Å². The number of para-hydroxylation sites is 1. The molecule has 0 spiro atoms. The maximum atomic E-state index is 13.5. The third-order valence-corrected chi connectivity index (χ3v) is 5.36. The van der Waals surface area contributed by atoms with Gasteiger partial charge in [0.15, 0.2) is 5.78 Å². The third-order valence-electron chi connectivity index (χ3n) is 5.06. The summed E-state index contributed by atoms with van der Waals surface area (Å²) >= 11 is 5.47. The first-order valence-corrected chi connectivity index (χ1v) is 11.3. The molecule has 1 aromatic carbocycles. The van der Waals surface area contributed by atoms with E-state index in [1.54, 1.807) is 51.1 Å². The van der Waals surface area contributed by atoms with Crippen LogP contribution in [0.5, 0.6) is 0 Å². The Labute approximate surface area is 211 Å². The first-order chi connectivity index (χ1) is 16.8. The monoisotopic (exact) mass is 521 g/mol. The highest BCUT2D eigenvalue weighted by Crippen LogP contribution is 2.32. The van der Waals surface area contributed by atoms with Crippen LogP contribution in [0.2, 0.25) is 0 Å². The van der Waals surface area contributed by atoms with Crippen LogP contribution in [0.25, 0.3) is 0 Å². The number of hydrogen-bond donors (Lipinski definition) is 2. The van der Waals surface area contributed by atoms with Gasteiger partial charge in [0.2, 0.25) is 0 Å². The van der Waals surface area contributed by atoms with E-state index >= 15 is 0 Å². The predicted octanol–water partition coefficient (Wildman–Crippen LogP) is 4.29. The minimum atomic E-state index is -4.66. The molecule has 1 aromatic heterocycles. The van der Waals surface area contributed by atoms with Crippen LogP contribution in [-0.2, 0) is 22.3 Å². The first kappa shape index (κ1) is 27.1. The number of aromatic nitrogens is 1. The Hall–Kier alpha value is -3.51. The molecule has 0 aliphatic carbocycles. The molecule has 0 unspecified atom stereocenters. The molecular formula is C24H26F3N5O3S. The highest BCUT2D eigenvalue weighted by atomic mass is 32.1. The maximum Gasteiger partial charge on any atom is 0.418 e. The van der Waals surface area contributed by atoms with E-state index in [-0.39, 0.29) is 34.9 Å². The molecule has 0 saturated carbocycles. The van der Waals surface area contributed by atoms with Crippen LogP contribution < -0.4 is 11.2 Å². The number of thiocarbonyl (C=S) groups is 1. The summed E-state index contributed by atoms with van der Waals surface area (Å²) < 4.78 is 45.9. The summed E-state index contributed by atoms with van der Waals surface area (Å²) in [5, 5.41) is 3.95. The number of nitrogens with zero attached hydrogens (tertiary/aromatic N) is 3. The molecule has 8 nitrogen and oxygen atoms in total. The van der Waals surface area contributed by atoms with E-state index in [9.17, 15) is 22.8 Å². The number of pyridine rings is 1. The van der Waals surface area contributed by atoms with Crippen molar-refractivity contribution in [1.29, 1.82) is 0 Å². The lowest BCUT2D eigenvalue weighted by atomic mass is 10.0. The summed E-state index contributed by atoms with van der Waals surface area (Å²) in [6, 6.07) is 10.0. The number of ketones is 1. The molecule has 3 rings (SSSR count). The second-order valence-electron chi connectivity index (χ2n) is 9.06. The zero-order valence-electron chi connectivity index (χ0n) is 19.9. The molecule has 0 atom stereocenters. The molecule has 1 aliphatic heterocycles. The van der Waals surface area contributed by atoms with Crippen molar-refractivity contribution in [3.05, 3.63) is 71.2 Å². The number of nitrogens with two attached hydrogens (primary N) is 1. The smallest absolute Gasteiger partial charge is 0.418 e. The molecular weight excluding hydrogens is 495 g/mol. The van der Waals surface area contributed by atoms with Gasteiger partial charge in [-0.2, -0.15) is 13.2 Å². The summed E-state index contributed by atoms with van der Waals surface area (Å²) in [7, 11) is 0. The Balaban J connectivity index is 1.99. The van der Waals surface area contributed by atoms with Crippen molar-refractivity contribution in [2.75, 3.05) is 18.4 Å². The fourth-order valence-corrected chi connectivity index (χ4v) is 3.84. The third kappa shape index (κ3) is 6.79.